The number of aliphatic hydroxyl groups is 2. The Bertz CT molecular complexity index is 1270. The number of hydrogen-bond acceptors (Lipinski definition) is 5. The molecule has 0 radical (unpaired) electrons. The highest BCUT2D eigenvalue weighted by Gasteiger charge is 2.20. The monoisotopic (exact) mass is 1140 g/mol. The number of unbranched alkanes of at least 4 members (excludes halogenated alkanes) is 55. The van der Waals surface area contributed by atoms with Gasteiger partial charge in [0.1, 0.15) is 0 Å². The zero-order valence-electron chi connectivity index (χ0n) is 55.0. The van der Waals surface area contributed by atoms with Crippen LogP contribution in [-0.2, 0) is 14.3 Å². The first kappa shape index (κ1) is 79.3. The highest BCUT2D eigenvalue weighted by atomic mass is 16.5. The van der Waals surface area contributed by atoms with Crippen molar-refractivity contribution in [2.45, 2.75) is 431 Å². The Kier molecular flexibility index (Phi) is 69.4. The van der Waals surface area contributed by atoms with Gasteiger partial charge in [-0.3, -0.25) is 9.59 Å². The van der Waals surface area contributed by atoms with Crippen LogP contribution in [-0.4, -0.2) is 47.4 Å². The van der Waals surface area contributed by atoms with Gasteiger partial charge < -0.3 is 20.3 Å². The highest BCUT2D eigenvalue weighted by Crippen LogP contribution is 2.19. The van der Waals surface area contributed by atoms with Crippen LogP contribution in [0, 0.1) is 0 Å². The molecule has 2 atom stereocenters. The third-order valence-corrected chi connectivity index (χ3v) is 17.5. The maximum atomic E-state index is 12.5. The number of esters is 1. The molecule has 6 heteroatoms. The molecular formula is C75H145NO5. The van der Waals surface area contributed by atoms with E-state index in [1.807, 2.05) is 0 Å². The lowest BCUT2D eigenvalue weighted by atomic mass is 10.0. The number of rotatable bonds is 70. The Labute approximate surface area is 507 Å². The van der Waals surface area contributed by atoms with E-state index in [2.05, 4.69) is 43.5 Å². The first-order valence-electron chi connectivity index (χ1n) is 37.1. The lowest BCUT2D eigenvalue weighted by Crippen LogP contribution is -2.45. The van der Waals surface area contributed by atoms with Crippen molar-refractivity contribution in [3.8, 4) is 0 Å². The zero-order chi connectivity index (χ0) is 58.5. The van der Waals surface area contributed by atoms with E-state index >= 15 is 0 Å². The fourth-order valence-corrected chi connectivity index (χ4v) is 11.9. The van der Waals surface area contributed by atoms with E-state index in [0.717, 1.165) is 44.9 Å². The second-order valence-corrected chi connectivity index (χ2v) is 25.6. The van der Waals surface area contributed by atoms with Gasteiger partial charge in [-0.25, -0.2) is 0 Å². The molecule has 480 valence electrons. The topological polar surface area (TPSA) is 95.9 Å². The number of allylic oxidation sites excluding steroid dienone is 4. The normalized spacial score (nSPS) is 12.6. The summed E-state index contributed by atoms with van der Waals surface area (Å²) in [6.45, 7) is 4.98. The molecule has 0 fully saturated rings. The van der Waals surface area contributed by atoms with E-state index < -0.39 is 12.1 Å². The van der Waals surface area contributed by atoms with Crippen molar-refractivity contribution in [1.29, 1.82) is 0 Å². The molecule has 81 heavy (non-hydrogen) atoms. The van der Waals surface area contributed by atoms with Gasteiger partial charge >= 0.3 is 5.97 Å². The molecule has 0 aromatic carbocycles. The maximum absolute atomic E-state index is 12.5. The maximum Gasteiger partial charge on any atom is 0.305 e. The van der Waals surface area contributed by atoms with Gasteiger partial charge in [0, 0.05) is 12.8 Å². The van der Waals surface area contributed by atoms with E-state index in [0.29, 0.717) is 25.9 Å². The second kappa shape index (κ2) is 70.8. The number of hydrogen-bond donors (Lipinski definition) is 3. The summed E-state index contributed by atoms with van der Waals surface area (Å²) < 4.78 is 5.51. The Morgan fingerprint density at radius 3 is 0.938 bits per heavy atom. The van der Waals surface area contributed by atoms with Crippen molar-refractivity contribution in [3.63, 3.8) is 0 Å². The van der Waals surface area contributed by atoms with Crippen LogP contribution < -0.4 is 5.32 Å². The van der Waals surface area contributed by atoms with Crippen LogP contribution in [0.1, 0.15) is 418 Å². The summed E-state index contributed by atoms with van der Waals surface area (Å²) in [4.78, 5) is 24.6. The Hall–Kier alpha value is -1.66. The summed E-state index contributed by atoms with van der Waals surface area (Å²) in [5.41, 5.74) is 0. The van der Waals surface area contributed by atoms with Gasteiger partial charge in [0.05, 0.1) is 25.4 Å². The van der Waals surface area contributed by atoms with Crippen LogP contribution in [0.5, 0.6) is 0 Å². The quantitative estimate of drug-likeness (QED) is 0.0320. The summed E-state index contributed by atoms with van der Waals surface area (Å²) in [5, 5.41) is 23.2. The summed E-state index contributed by atoms with van der Waals surface area (Å²) in [5.74, 6) is -0.00965. The van der Waals surface area contributed by atoms with Crippen molar-refractivity contribution < 1.29 is 24.5 Å². The average Bonchev–Trinajstić information content (AvgIpc) is 3.47. The SMILES string of the molecule is CCCCCCCCCCCCCCCCCCCCC(=O)OCCCCCCCCCCCCC/C=C\C/C=C\CCCCCCCCCCCCCCCCCCCC(=O)NC(CO)C(O)CCCCCCCCCCCCC. The minimum atomic E-state index is -0.661. The highest BCUT2D eigenvalue weighted by molar-refractivity contribution is 5.76. The van der Waals surface area contributed by atoms with E-state index in [9.17, 15) is 19.8 Å². The third kappa shape index (κ3) is 67.3. The van der Waals surface area contributed by atoms with E-state index in [1.54, 1.807) is 0 Å². The van der Waals surface area contributed by atoms with Gasteiger partial charge in [-0.2, -0.15) is 0 Å². The Balaban J connectivity index is 3.33. The van der Waals surface area contributed by atoms with Gasteiger partial charge in [0.25, 0.3) is 0 Å². The van der Waals surface area contributed by atoms with Crippen LogP contribution in [0.15, 0.2) is 24.3 Å². The Morgan fingerprint density at radius 2 is 0.617 bits per heavy atom. The number of ether oxygens (including phenoxy) is 1. The fourth-order valence-electron chi connectivity index (χ4n) is 11.9. The molecule has 0 aromatic heterocycles. The molecule has 0 heterocycles. The molecule has 1 amide bonds. The molecule has 0 rings (SSSR count). The van der Waals surface area contributed by atoms with Crippen molar-refractivity contribution in [1.82, 2.24) is 5.32 Å². The predicted octanol–water partition coefficient (Wildman–Crippen LogP) is 24.1. The third-order valence-electron chi connectivity index (χ3n) is 17.5. The van der Waals surface area contributed by atoms with Gasteiger partial charge in [0.15, 0.2) is 0 Å². The van der Waals surface area contributed by atoms with Gasteiger partial charge in [-0.15, -0.1) is 0 Å². The smallest absolute Gasteiger partial charge is 0.305 e. The van der Waals surface area contributed by atoms with Crippen LogP contribution in [0.4, 0.5) is 0 Å². The summed E-state index contributed by atoms with van der Waals surface area (Å²) in [6.07, 6.45) is 89.7. The second-order valence-electron chi connectivity index (χ2n) is 25.6. The van der Waals surface area contributed by atoms with Crippen LogP contribution in [0.25, 0.3) is 0 Å². The number of aliphatic hydroxyl groups excluding tert-OH is 2. The molecule has 0 saturated carbocycles. The molecule has 3 N–H and O–H groups in total. The largest absolute Gasteiger partial charge is 0.466 e. The van der Waals surface area contributed by atoms with E-state index in [1.165, 1.54) is 340 Å². The molecule has 6 nitrogen and oxygen atoms in total. The molecule has 2 unspecified atom stereocenters. The molecule has 0 aliphatic rings. The van der Waals surface area contributed by atoms with Gasteiger partial charge in [-0.05, 0) is 57.8 Å². The molecule has 0 bridgehead atoms. The summed E-state index contributed by atoms with van der Waals surface area (Å²) >= 11 is 0. The number of carbonyl (C=O) groups is 2. The van der Waals surface area contributed by atoms with Crippen molar-refractivity contribution in [2.24, 2.45) is 0 Å². The first-order valence-corrected chi connectivity index (χ1v) is 37.1. The van der Waals surface area contributed by atoms with Crippen molar-refractivity contribution in [2.75, 3.05) is 13.2 Å². The van der Waals surface area contributed by atoms with Crippen molar-refractivity contribution in [3.05, 3.63) is 24.3 Å². The molecule has 0 aromatic rings. The minimum absolute atomic E-state index is 0.0219. The average molecular weight is 1140 g/mol. The van der Waals surface area contributed by atoms with E-state index in [4.69, 9.17) is 4.74 Å². The molecule has 0 aliphatic carbocycles. The Morgan fingerprint density at radius 1 is 0.346 bits per heavy atom. The van der Waals surface area contributed by atoms with Gasteiger partial charge in [-0.1, -0.05) is 372 Å². The van der Waals surface area contributed by atoms with Gasteiger partial charge in [0.2, 0.25) is 5.91 Å². The van der Waals surface area contributed by atoms with Crippen LogP contribution in [0.2, 0.25) is 0 Å². The standard InChI is InChI=1S/C75H145NO5/c1-3-5-7-9-11-13-15-16-17-18-39-42-45-49-53-57-61-65-69-75(80)81-70-66-62-58-54-50-46-43-40-37-35-33-31-29-27-25-23-21-19-20-22-24-26-28-30-32-34-36-38-41-44-48-52-56-60-64-68-74(79)76-72(71-77)73(78)67-63-59-55-51-47-14-12-10-8-6-4-2/h21,23,27,29,72-73,77-78H,3-20,22,24-26,28,30-71H2,1-2H3,(H,76,79)/b23-21-,29-27-. The number of carbonyl (C=O) groups excluding carboxylic acids is 2. The first-order chi connectivity index (χ1) is 40.0. The fraction of sp³-hybridized carbons (Fsp3) is 0.920. The molecule has 0 spiro atoms. The number of nitrogens with one attached hydrogen (secondary N) is 1. The molecular weight excluding hydrogens is 995 g/mol. The minimum Gasteiger partial charge on any atom is -0.466 e. The van der Waals surface area contributed by atoms with Crippen LogP contribution >= 0.6 is 0 Å². The molecule has 0 saturated heterocycles. The predicted molar refractivity (Wildman–Crippen MR) is 356 cm³/mol. The molecule has 0 aliphatic heterocycles. The zero-order valence-corrected chi connectivity index (χ0v) is 55.0. The number of amides is 1. The lowest BCUT2D eigenvalue weighted by Gasteiger charge is -2.22. The van der Waals surface area contributed by atoms with Crippen LogP contribution in [0.3, 0.4) is 0 Å². The van der Waals surface area contributed by atoms with Crippen molar-refractivity contribution >= 4 is 11.9 Å². The lowest BCUT2D eigenvalue weighted by molar-refractivity contribution is -0.143. The summed E-state index contributed by atoms with van der Waals surface area (Å²) in [6, 6.07) is -0.538. The summed E-state index contributed by atoms with van der Waals surface area (Å²) in [7, 11) is 0. The van der Waals surface area contributed by atoms with E-state index in [-0.39, 0.29) is 18.5 Å².